The van der Waals surface area contributed by atoms with Crippen molar-refractivity contribution in [3.63, 3.8) is 0 Å². The molecule has 0 aliphatic rings. The summed E-state index contributed by atoms with van der Waals surface area (Å²) in [6.45, 7) is 7.65. The summed E-state index contributed by atoms with van der Waals surface area (Å²) in [6.07, 6.45) is 7.63. The largest absolute Gasteiger partial charge is 0.322 e. The Morgan fingerprint density at radius 2 is 1.65 bits per heavy atom. The predicted octanol–water partition coefficient (Wildman–Crippen LogP) is 7.56. The molecule has 31 heavy (non-hydrogen) atoms. The second kappa shape index (κ2) is 13.1. The Hall–Kier alpha value is -2.43. The van der Waals surface area contributed by atoms with Gasteiger partial charge in [0.05, 0.1) is 5.69 Å². The van der Waals surface area contributed by atoms with Gasteiger partial charge in [-0.05, 0) is 48.4 Å². The molecular weight excluding hydrogens is 394 g/mol. The van der Waals surface area contributed by atoms with E-state index in [4.69, 9.17) is 0 Å². The topological polar surface area (TPSA) is 32.3 Å². The van der Waals surface area contributed by atoms with Gasteiger partial charge in [-0.25, -0.2) is 13.6 Å². The number of nitrogens with one attached hydrogen (secondary N) is 1. The number of amides is 2. The molecule has 0 unspecified atom stereocenters. The smallest absolute Gasteiger partial charge is 0.320 e. The van der Waals surface area contributed by atoms with Crippen LogP contribution in [0, 0.1) is 17.6 Å². The Bertz CT molecular complexity index is 806. The summed E-state index contributed by atoms with van der Waals surface area (Å²) in [7, 11) is 0. The van der Waals surface area contributed by atoms with Crippen molar-refractivity contribution in [1.82, 2.24) is 4.90 Å². The van der Waals surface area contributed by atoms with Crippen molar-refractivity contribution >= 4 is 11.7 Å². The number of unbranched alkanes of at least 4 members (excludes halogenated alkanes) is 4. The summed E-state index contributed by atoms with van der Waals surface area (Å²) in [6, 6.07) is 11.2. The third-order valence-electron chi connectivity index (χ3n) is 5.40. The number of benzene rings is 2. The number of nitrogens with zero attached hydrogens (tertiary/aromatic N) is 1. The molecule has 0 radical (unpaired) electrons. The van der Waals surface area contributed by atoms with Crippen LogP contribution in [0.2, 0.25) is 0 Å². The number of rotatable bonds is 12. The third-order valence-corrected chi connectivity index (χ3v) is 5.40. The van der Waals surface area contributed by atoms with Crippen molar-refractivity contribution in [2.75, 3.05) is 11.9 Å². The van der Waals surface area contributed by atoms with Crippen LogP contribution in [0.1, 0.15) is 70.4 Å². The van der Waals surface area contributed by atoms with Gasteiger partial charge in [-0.1, -0.05) is 70.7 Å². The molecule has 0 aromatic heterocycles. The standard InChI is InChI=1S/C26H36F2N2O/c1-4-5-6-7-8-17-30(26(31)29-25-16-15-23(27)18-24(25)28)19-22-13-11-21(12-14-22)10-9-20(2)3/h11-16,18,20H,4-10,17,19H2,1-3H3,(H,29,31). The SMILES string of the molecule is CCCCCCCN(Cc1ccc(CCC(C)C)cc1)C(=O)Nc1ccc(F)cc1F. The lowest BCUT2D eigenvalue weighted by Gasteiger charge is -2.24. The first-order valence-corrected chi connectivity index (χ1v) is 11.5. The number of urea groups is 1. The van der Waals surface area contributed by atoms with Crippen LogP contribution < -0.4 is 5.32 Å². The maximum absolute atomic E-state index is 14.0. The second-order valence-corrected chi connectivity index (χ2v) is 8.64. The van der Waals surface area contributed by atoms with Crippen LogP contribution in [-0.4, -0.2) is 17.5 Å². The van der Waals surface area contributed by atoms with E-state index in [-0.39, 0.29) is 11.7 Å². The molecule has 1 N–H and O–H groups in total. The van der Waals surface area contributed by atoms with Crippen LogP contribution >= 0.6 is 0 Å². The number of carbonyl (C=O) groups excluding carboxylic acids is 1. The first-order chi connectivity index (χ1) is 14.9. The van der Waals surface area contributed by atoms with Gasteiger partial charge in [-0.3, -0.25) is 0 Å². The van der Waals surface area contributed by atoms with Crippen molar-refractivity contribution in [2.45, 2.75) is 72.3 Å². The normalized spacial score (nSPS) is 11.0. The first kappa shape index (κ1) is 24.8. The van der Waals surface area contributed by atoms with Gasteiger partial charge < -0.3 is 10.2 Å². The molecule has 170 valence electrons. The number of hydrogen-bond acceptors (Lipinski definition) is 1. The molecular formula is C26H36F2N2O. The first-order valence-electron chi connectivity index (χ1n) is 11.5. The summed E-state index contributed by atoms with van der Waals surface area (Å²) < 4.78 is 27.2. The fourth-order valence-electron chi connectivity index (χ4n) is 3.43. The zero-order valence-electron chi connectivity index (χ0n) is 19.1. The van der Waals surface area contributed by atoms with Crippen molar-refractivity contribution in [3.05, 3.63) is 65.2 Å². The Kier molecular flexibility index (Phi) is 10.5. The van der Waals surface area contributed by atoms with Gasteiger partial charge in [0, 0.05) is 19.2 Å². The van der Waals surface area contributed by atoms with Crippen molar-refractivity contribution in [2.24, 2.45) is 5.92 Å². The number of halogens is 2. The van der Waals surface area contributed by atoms with E-state index in [0.29, 0.717) is 19.0 Å². The van der Waals surface area contributed by atoms with Crippen molar-refractivity contribution in [1.29, 1.82) is 0 Å². The van der Waals surface area contributed by atoms with Crippen molar-refractivity contribution < 1.29 is 13.6 Å². The minimum atomic E-state index is -0.772. The van der Waals surface area contributed by atoms with E-state index < -0.39 is 11.6 Å². The van der Waals surface area contributed by atoms with Gasteiger partial charge >= 0.3 is 6.03 Å². The molecule has 2 aromatic rings. The molecule has 0 saturated heterocycles. The van der Waals surface area contributed by atoms with Crippen molar-refractivity contribution in [3.8, 4) is 0 Å². The fourth-order valence-corrected chi connectivity index (χ4v) is 3.43. The van der Waals surface area contributed by atoms with Gasteiger partial charge in [-0.15, -0.1) is 0 Å². The monoisotopic (exact) mass is 430 g/mol. The molecule has 0 bridgehead atoms. The predicted molar refractivity (Wildman–Crippen MR) is 124 cm³/mol. The average Bonchev–Trinajstić information content (AvgIpc) is 2.74. The van der Waals surface area contributed by atoms with Gasteiger partial charge in [0.15, 0.2) is 0 Å². The molecule has 2 rings (SSSR count). The number of anilines is 1. The van der Waals surface area contributed by atoms with Crippen LogP contribution in [0.3, 0.4) is 0 Å². The molecule has 0 heterocycles. The summed E-state index contributed by atoms with van der Waals surface area (Å²) in [5.74, 6) is -0.773. The van der Waals surface area contributed by atoms with E-state index >= 15 is 0 Å². The Labute approximate surface area is 185 Å². The Morgan fingerprint density at radius 1 is 0.968 bits per heavy atom. The molecule has 3 nitrogen and oxygen atoms in total. The molecule has 2 amide bonds. The summed E-state index contributed by atoms with van der Waals surface area (Å²) >= 11 is 0. The molecule has 0 spiro atoms. The van der Waals surface area contributed by atoms with E-state index in [2.05, 4.69) is 50.4 Å². The molecule has 0 saturated carbocycles. The summed E-state index contributed by atoms with van der Waals surface area (Å²) in [4.78, 5) is 14.6. The lowest BCUT2D eigenvalue weighted by atomic mass is 10.0. The van der Waals surface area contributed by atoms with Gasteiger partial charge in [0.1, 0.15) is 11.6 Å². The third kappa shape index (κ3) is 9.07. The van der Waals surface area contributed by atoms with E-state index in [1.807, 2.05) is 0 Å². The highest BCUT2D eigenvalue weighted by atomic mass is 19.1. The number of aryl methyl sites for hydroxylation is 1. The number of hydrogen-bond donors (Lipinski definition) is 1. The minimum Gasteiger partial charge on any atom is -0.320 e. The lowest BCUT2D eigenvalue weighted by molar-refractivity contribution is 0.207. The van der Waals surface area contributed by atoms with E-state index in [9.17, 15) is 13.6 Å². The highest BCUT2D eigenvalue weighted by molar-refractivity contribution is 5.89. The Morgan fingerprint density at radius 3 is 2.29 bits per heavy atom. The summed E-state index contributed by atoms with van der Waals surface area (Å²) in [5, 5.41) is 2.60. The van der Waals surface area contributed by atoms with Crippen LogP contribution in [0.15, 0.2) is 42.5 Å². The zero-order valence-corrected chi connectivity index (χ0v) is 19.1. The highest BCUT2D eigenvalue weighted by Gasteiger charge is 2.16. The molecule has 2 aromatic carbocycles. The summed E-state index contributed by atoms with van der Waals surface area (Å²) in [5.41, 5.74) is 2.32. The maximum atomic E-state index is 14.0. The fraction of sp³-hybridized carbons (Fsp3) is 0.500. The van der Waals surface area contributed by atoms with E-state index in [1.165, 1.54) is 18.1 Å². The molecule has 0 aliphatic carbocycles. The molecule has 0 fully saturated rings. The molecule has 0 aliphatic heterocycles. The minimum absolute atomic E-state index is 0.00795. The number of carbonyl (C=O) groups is 1. The average molecular weight is 431 g/mol. The highest BCUT2D eigenvalue weighted by Crippen LogP contribution is 2.18. The van der Waals surface area contributed by atoms with Gasteiger partial charge in [-0.2, -0.15) is 0 Å². The zero-order chi connectivity index (χ0) is 22.6. The van der Waals surface area contributed by atoms with E-state index in [0.717, 1.165) is 56.2 Å². The Balaban J connectivity index is 2.03. The van der Waals surface area contributed by atoms with Crippen LogP contribution in [0.4, 0.5) is 19.3 Å². The van der Waals surface area contributed by atoms with Crippen LogP contribution in [0.25, 0.3) is 0 Å². The quantitative estimate of drug-likeness (QED) is 0.346. The van der Waals surface area contributed by atoms with E-state index in [1.54, 1.807) is 4.90 Å². The molecule has 0 atom stereocenters. The van der Waals surface area contributed by atoms with Gasteiger partial charge in [0.25, 0.3) is 0 Å². The van der Waals surface area contributed by atoms with Crippen LogP contribution in [0.5, 0.6) is 0 Å². The van der Waals surface area contributed by atoms with Gasteiger partial charge in [0.2, 0.25) is 0 Å². The lowest BCUT2D eigenvalue weighted by Crippen LogP contribution is -2.35. The van der Waals surface area contributed by atoms with Crippen LogP contribution in [-0.2, 0) is 13.0 Å². The second-order valence-electron chi connectivity index (χ2n) is 8.64. The maximum Gasteiger partial charge on any atom is 0.322 e. The molecule has 5 heteroatoms.